The highest BCUT2D eigenvalue weighted by atomic mass is 16.5. The Bertz CT molecular complexity index is 725. The number of nitrogens with zero attached hydrogens (tertiary/aromatic N) is 4. The molecule has 1 saturated heterocycles. The molecule has 1 aromatic heterocycles. The van der Waals surface area contributed by atoms with E-state index in [0.29, 0.717) is 36.8 Å². The highest BCUT2D eigenvalue weighted by molar-refractivity contribution is 5.34. The van der Waals surface area contributed by atoms with Crippen molar-refractivity contribution >= 4 is 0 Å². The number of morpholine rings is 1. The number of benzene rings is 1. The molecule has 0 spiro atoms. The third-order valence-corrected chi connectivity index (χ3v) is 3.95. The third-order valence-electron chi connectivity index (χ3n) is 3.95. The highest BCUT2D eigenvalue weighted by Gasteiger charge is 2.26. The first kappa shape index (κ1) is 17.4. The first-order valence-electron chi connectivity index (χ1n) is 8.18. The van der Waals surface area contributed by atoms with Crippen molar-refractivity contribution in [2.45, 2.75) is 19.1 Å². The summed E-state index contributed by atoms with van der Waals surface area (Å²) in [5.74, 6) is 2.03. The van der Waals surface area contributed by atoms with E-state index in [-0.39, 0.29) is 12.7 Å². The molecule has 132 valence electrons. The van der Waals surface area contributed by atoms with Crippen molar-refractivity contribution in [3.63, 3.8) is 0 Å². The van der Waals surface area contributed by atoms with Gasteiger partial charge < -0.3 is 14.6 Å². The molecule has 1 aliphatic rings. The van der Waals surface area contributed by atoms with Gasteiger partial charge in [-0.2, -0.15) is 10.4 Å². The second kappa shape index (κ2) is 8.07. The molecule has 3 rings (SSSR count). The van der Waals surface area contributed by atoms with Crippen LogP contribution in [0.1, 0.15) is 23.3 Å². The SMILES string of the molecule is Cc1nc([C@H]2CN(C[C@@H](O)COc3ccc(C#N)cc3)CCO2)n[nH]1. The Kier molecular flexibility index (Phi) is 5.60. The molecule has 1 aliphatic heterocycles. The number of rotatable bonds is 6. The van der Waals surface area contributed by atoms with Gasteiger partial charge in [0.15, 0.2) is 5.82 Å². The number of β-amino-alcohol motifs (C(OH)–C–C–N with tert-alkyl or cyclic N) is 1. The molecule has 2 N–H and O–H groups in total. The molecular weight excluding hydrogens is 322 g/mol. The number of aryl methyl sites for hydroxylation is 1. The van der Waals surface area contributed by atoms with Crippen LogP contribution >= 0.6 is 0 Å². The normalized spacial score (nSPS) is 19.3. The monoisotopic (exact) mass is 343 g/mol. The molecule has 0 amide bonds. The van der Waals surface area contributed by atoms with Crippen LogP contribution in [-0.2, 0) is 4.74 Å². The van der Waals surface area contributed by atoms with Crippen molar-refractivity contribution in [3.05, 3.63) is 41.5 Å². The largest absolute Gasteiger partial charge is 0.491 e. The number of hydrogen-bond donors (Lipinski definition) is 2. The second-order valence-electron chi connectivity index (χ2n) is 6.00. The molecule has 0 radical (unpaired) electrons. The first-order chi connectivity index (χ1) is 12.1. The van der Waals surface area contributed by atoms with Crippen molar-refractivity contribution in [2.75, 3.05) is 32.8 Å². The lowest BCUT2D eigenvalue weighted by Gasteiger charge is -2.32. The Morgan fingerprint density at radius 1 is 1.48 bits per heavy atom. The number of nitriles is 1. The number of aromatic amines is 1. The van der Waals surface area contributed by atoms with Gasteiger partial charge in [-0.15, -0.1) is 0 Å². The molecule has 0 unspecified atom stereocenters. The van der Waals surface area contributed by atoms with Crippen molar-refractivity contribution < 1.29 is 14.6 Å². The van der Waals surface area contributed by atoms with E-state index in [0.717, 1.165) is 12.4 Å². The quantitative estimate of drug-likeness (QED) is 0.799. The second-order valence-corrected chi connectivity index (χ2v) is 6.00. The summed E-state index contributed by atoms with van der Waals surface area (Å²) >= 11 is 0. The summed E-state index contributed by atoms with van der Waals surface area (Å²) in [6.07, 6.45) is -0.811. The molecule has 1 fully saturated rings. The Hall–Kier alpha value is -2.47. The van der Waals surface area contributed by atoms with E-state index in [1.807, 2.05) is 6.92 Å². The van der Waals surface area contributed by atoms with Crippen LogP contribution in [0.15, 0.2) is 24.3 Å². The van der Waals surface area contributed by atoms with Crippen molar-refractivity contribution in [3.8, 4) is 11.8 Å². The lowest BCUT2D eigenvalue weighted by molar-refractivity contribution is -0.0493. The molecule has 1 aromatic carbocycles. The minimum atomic E-state index is -0.622. The van der Waals surface area contributed by atoms with Gasteiger partial charge in [-0.25, -0.2) is 4.98 Å². The number of aliphatic hydroxyl groups excluding tert-OH is 1. The average Bonchev–Trinajstić information content (AvgIpc) is 3.07. The zero-order valence-corrected chi connectivity index (χ0v) is 14.1. The summed E-state index contributed by atoms with van der Waals surface area (Å²) in [6, 6.07) is 8.88. The summed E-state index contributed by atoms with van der Waals surface area (Å²) in [4.78, 5) is 6.43. The number of ether oxygens (including phenoxy) is 2. The summed E-state index contributed by atoms with van der Waals surface area (Å²) < 4.78 is 11.3. The summed E-state index contributed by atoms with van der Waals surface area (Å²) in [5.41, 5.74) is 0.578. The molecule has 0 saturated carbocycles. The fourth-order valence-electron chi connectivity index (χ4n) is 2.70. The van der Waals surface area contributed by atoms with Gasteiger partial charge in [-0.3, -0.25) is 10.00 Å². The zero-order chi connectivity index (χ0) is 17.6. The average molecular weight is 343 g/mol. The van der Waals surface area contributed by atoms with Gasteiger partial charge >= 0.3 is 0 Å². The Labute approximate surface area is 146 Å². The lowest BCUT2D eigenvalue weighted by Crippen LogP contribution is -2.43. The number of hydrogen-bond acceptors (Lipinski definition) is 7. The van der Waals surface area contributed by atoms with E-state index >= 15 is 0 Å². The van der Waals surface area contributed by atoms with Crippen LogP contribution < -0.4 is 4.74 Å². The van der Waals surface area contributed by atoms with Crippen LogP contribution in [0.4, 0.5) is 0 Å². The molecule has 25 heavy (non-hydrogen) atoms. The van der Waals surface area contributed by atoms with E-state index in [4.69, 9.17) is 14.7 Å². The van der Waals surface area contributed by atoms with Crippen molar-refractivity contribution in [1.82, 2.24) is 20.1 Å². The Morgan fingerprint density at radius 2 is 2.28 bits per heavy atom. The molecule has 8 nitrogen and oxygen atoms in total. The van der Waals surface area contributed by atoms with E-state index < -0.39 is 6.10 Å². The van der Waals surface area contributed by atoms with Gasteiger partial charge in [-0.05, 0) is 31.2 Å². The predicted octanol–water partition coefficient (Wildman–Crippen LogP) is 0.798. The van der Waals surface area contributed by atoms with Gasteiger partial charge in [-0.1, -0.05) is 0 Å². The minimum Gasteiger partial charge on any atom is -0.491 e. The molecule has 0 bridgehead atoms. The highest BCUT2D eigenvalue weighted by Crippen LogP contribution is 2.19. The van der Waals surface area contributed by atoms with Crippen molar-refractivity contribution in [2.24, 2.45) is 0 Å². The zero-order valence-electron chi connectivity index (χ0n) is 14.1. The number of nitrogens with one attached hydrogen (secondary N) is 1. The molecule has 0 aliphatic carbocycles. The van der Waals surface area contributed by atoms with E-state index in [1.165, 1.54) is 0 Å². The van der Waals surface area contributed by atoms with E-state index in [1.54, 1.807) is 24.3 Å². The summed E-state index contributed by atoms with van der Waals surface area (Å²) in [6.45, 7) is 4.47. The van der Waals surface area contributed by atoms with E-state index in [2.05, 4.69) is 26.2 Å². The fraction of sp³-hybridized carbons (Fsp3) is 0.471. The van der Waals surface area contributed by atoms with E-state index in [9.17, 15) is 5.11 Å². The first-order valence-corrected chi connectivity index (χ1v) is 8.18. The molecule has 2 aromatic rings. The van der Waals surface area contributed by atoms with Gasteiger partial charge in [0.05, 0.1) is 18.2 Å². The number of aromatic nitrogens is 3. The van der Waals surface area contributed by atoms with Gasteiger partial charge in [0.2, 0.25) is 0 Å². The van der Waals surface area contributed by atoms with Gasteiger partial charge in [0, 0.05) is 19.6 Å². The molecule has 2 atom stereocenters. The molecular formula is C17H21N5O3. The summed E-state index contributed by atoms with van der Waals surface area (Å²) in [7, 11) is 0. The van der Waals surface area contributed by atoms with Crippen LogP contribution in [0.25, 0.3) is 0 Å². The van der Waals surface area contributed by atoms with Crippen LogP contribution in [0.3, 0.4) is 0 Å². The van der Waals surface area contributed by atoms with Crippen LogP contribution in [0.2, 0.25) is 0 Å². The standard InChI is InChI=1S/C17H21N5O3/c1-12-19-17(21-20-12)16-10-22(6-7-24-16)9-14(23)11-25-15-4-2-13(8-18)3-5-15/h2-5,14,16,23H,6-7,9-11H2,1H3,(H,19,20,21)/t14-,16-/m1/s1. The Morgan fingerprint density at radius 3 is 2.96 bits per heavy atom. The lowest BCUT2D eigenvalue weighted by atomic mass is 10.2. The molecule has 8 heteroatoms. The maximum absolute atomic E-state index is 10.2. The Balaban J connectivity index is 1.47. The number of H-pyrrole nitrogens is 1. The number of aliphatic hydroxyl groups is 1. The predicted molar refractivity (Wildman–Crippen MR) is 88.9 cm³/mol. The maximum atomic E-state index is 10.2. The van der Waals surface area contributed by atoms with Crippen LogP contribution in [-0.4, -0.2) is 64.1 Å². The van der Waals surface area contributed by atoms with Crippen LogP contribution in [0.5, 0.6) is 5.75 Å². The molecule has 2 heterocycles. The smallest absolute Gasteiger partial charge is 0.180 e. The third kappa shape index (κ3) is 4.76. The maximum Gasteiger partial charge on any atom is 0.180 e. The van der Waals surface area contributed by atoms with Crippen molar-refractivity contribution in [1.29, 1.82) is 5.26 Å². The topological polar surface area (TPSA) is 107 Å². The summed E-state index contributed by atoms with van der Waals surface area (Å²) in [5, 5.41) is 26.0. The van der Waals surface area contributed by atoms with Crippen LogP contribution in [0, 0.1) is 18.3 Å². The van der Waals surface area contributed by atoms with Gasteiger partial charge in [0.1, 0.15) is 30.4 Å². The minimum absolute atomic E-state index is 0.188. The van der Waals surface area contributed by atoms with Gasteiger partial charge in [0.25, 0.3) is 0 Å². The fourth-order valence-corrected chi connectivity index (χ4v) is 2.70.